The van der Waals surface area contributed by atoms with Crippen molar-refractivity contribution in [2.45, 2.75) is 26.7 Å². The number of benzene rings is 1. The molecule has 4 heteroatoms. The molecule has 92 valence electrons. The average molecular weight is 269 g/mol. The first-order chi connectivity index (χ1) is 8.15. The average Bonchev–Trinajstić information content (AvgIpc) is 2.66. The number of nitrogens with one attached hydrogen (secondary N) is 1. The smallest absolute Gasteiger partial charge is 0.183 e. The first-order valence-electron chi connectivity index (χ1n) is 5.95. The van der Waals surface area contributed by atoms with Gasteiger partial charge in [0.25, 0.3) is 0 Å². The van der Waals surface area contributed by atoms with Gasteiger partial charge in [0, 0.05) is 11.6 Å². The van der Waals surface area contributed by atoms with Gasteiger partial charge in [-0.25, -0.2) is 4.98 Å². The molecule has 2 rings (SSSR count). The Kier molecular flexibility index (Phi) is 4.24. The summed E-state index contributed by atoms with van der Waals surface area (Å²) in [7, 11) is 0. The lowest BCUT2D eigenvalue weighted by Gasteiger charge is -2.04. The summed E-state index contributed by atoms with van der Waals surface area (Å²) in [5.41, 5.74) is 1.02. The van der Waals surface area contributed by atoms with Crippen LogP contribution in [0, 0.1) is 5.92 Å². The van der Waals surface area contributed by atoms with Crippen molar-refractivity contribution >= 4 is 38.3 Å². The molecule has 0 aliphatic heterocycles. The summed E-state index contributed by atoms with van der Waals surface area (Å²) in [6.07, 6.45) is 2.44. The molecular weight excluding hydrogens is 252 g/mol. The van der Waals surface area contributed by atoms with Crippen LogP contribution in [0.3, 0.4) is 0 Å². The van der Waals surface area contributed by atoms with Crippen molar-refractivity contribution in [1.29, 1.82) is 0 Å². The van der Waals surface area contributed by atoms with Crippen LogP contribution in [0.25, 0.3) is 10.2 Å². The van der Waals surface area contributed by atoms with Crippen molar-refractivity contribution < 1.29 is 0 Å². The molecule has 0 saturated heterocycles. The standard InChI is InChI=1S/C13H17ClN2S/c1-9(2)4-3-7-15-13-16-11-6-5-10(14)8-12(11)17-13/h5-6,8-9H,3-4,7H2,1-2H3,(H,15,16). The molecule has 17 heavy (non-hydrogen) atoms. The zero-order valence-electron chi connectivity index (χ0n) is 10.2. The highest BCUT2D eigenvalue weighted by Gasteiger charge is 2.03. The fourth-order valence-electron chi connectivity index (χ4n) is 1.68. The molecule has 0 atom stereocenters. The maximum atomic E-state index is 5.95. The second-order valence-electron chi connectivity index (χ2n) is 4.59. The van der Waals surface area contributed by atoms with Gasteiger partial charge in [-0.3, -0.25) is 0 Å². The molecule has 1 heterocycles. The number of anilines is 1. The molecule has 2 nitrogen and oxygen atoms in total. The highest BCUT2D eigenvalue weighted by Crippen LogP contribution is 2.28. The minimum Gasteiger partial charge on any atom is -0.361 e. The van der Waals surface area contributed by atoms with Crippen LogP contribution in [0.2, 0.25) is 5.02 Å². The number of thiazole rings is 1. The third-order valence-corrected chi connectivity index (χ3v) is 3.80. The van der Waals surface area contributed by atoms with E-state index in [4.69, 9.17) is 11.6 Å². The van der Waals surface area contributed by atoms with Crippen LogP contribution in [-0.4, -0.2) is 11.5 Å². The van der Waals surface area contributed by atoms with E-state index in [9.17, 15) is 0 Å². The zero-order valence-corrected chi connectivity index (χ0v) is 11.7. The third-order valence-electron chi connectivity index (χ3n) is 2.58. The van der Waals surface area contributed by atoms with E-state index in [1.807, 2.05) is 18.2 Å². The molecule has 0 bridgehead atoms. The van der Waals surface area contributed by atoms with Crippen molar-refractivity contribution in [2.24, 2.45) is 5.92 Å². The van der Waals surface area contributed by atoms with Gasteiger partial charge >= 0.3 is 0 Å². The Bertz CT molecular complexity index is 493. The van der Waals surface area contributed by atoms with Crippen molar-refractivity contribution in [2.75, 3.05) is 11.9 Å². The molecular formula is C13H17ClN2S. The van der Waals surface area contributed by atoms with E-state index in [1.54, 1.807) is 11.3 Å². The van der Waals surface area contributed by atoms with Gasteiger partial charge in [-0.2, -0.15) is 0 Å². The quantitative estimate of drug-likeness (QED) is 0.788. The monoisotopic (exact) mass is 268 g/mol. The van der Waals surface area contributed by atoms with Crippen molar-refractivity contribution in [3.63, 3.8) is 0 Å². The van der Waals surface area contributed by atoms with Gasteiger partial charge < -0.3 is 5.32 Å². The van der Waals surface area contributed by atoms with Gasteiger partial charge in [-0.1, -0.05) is 36.8 Å². The lowest BCUT2D eigenvalue weighted by Crippen LogP contribution is -2.02. The molecule has 1 aromatic heterocycles. The molecule has 1 aromatic carbocycles. The Labute approximate surface area is 111 Å². The van der Waals surface area contributed by atoms with E-state index in [0.717, 1.165) is 32.8 Å². The Balaban J connectivity index is 1.95. The Morgan fingerprint density at radius 3 is 3.00 bits per heavy atom. The number of nitrogens with zero attached hydrogens (tertiary/aromatic N) is 1. The predicted octanol–water partition coefficient (Wildman–Crippen LogP) is 4.80. The minimum absolute atomic E-state index is 0.769. The Morgan fingerprint density at radius 2 is 2.24 bits per heavy atom. The maximum Gasteiger partial charge on any atom is 0.183 e. The van der Waals surface area contributed by atoms with Crippen molar-refractivity contribution in [3.05, 3.63) is 23.2 Å². The van der Waals surface area contributed by atoms with Crippen LogP contribution in [0.1, 0.15) is 26.7 Å². The Hall–Kier alpha value is -0.800. The molecule has 0 unspecified atom stereocenters. The van der Waals surface area contributed by atoms with E-state index in [1.165, 1.54) is 12.8 Å². The second-order valence-corrected chi connectivity index (χ2v) is 6.06. The van der Waals surface area contributed by atoms with Gasteiger partial charge in [-0.05, 0) is 37.0 Å². The molecule has 0 saturated carbocycles. The van der Waals surface area contributed by atoms with Gasteiger partial charge in [-0.15, -0.1) is 0 Å². The van der Waals surface area contributed by atoms with Crippen LogP contribution in [-0.2, 0) is 0 Å². The number of halogens is 1. The Morgan fingerprint density at radius 1 is 1.41 bits per heavy atom. The highest BCUT2D eigenvalue weighted by molar-refractivity contribution is 7.22. The summed E-state index contributed by atoms with van der Waals surface area (Å²) in [4.78, 5) is 4.52. The topological polar surface area (TPSA) is 24.9 Å². The van der Waals surface area contributed by atoms with Crippen LogP contribution < -0.4 is 5.32 Å². The van der Waals surface area contributed by atoms with Crippen molar-refractivity contribution in [1.82, 2.24) is 4.98 Å². The molecule has 1 N–H and O–H groups in total. The van der Waals surface area contributed by atoms with E-state index >= 15 is 0 Å². The lowest BCUT2D eigenvalue weighted by molar-refractivity contribution is 0.567. The van der Waals surface area contributed by atoms with Crippen LogP contribution >= 0.6 is 22.9 Å². The molecule has 0 spiro atoms. The van der Waals surface area contributed by atoms with Gasteiger partial charge in [0.15, 0.2) is 5.13 Å². The maximum absolute atomic E-state index is 5.95. The molecule has 2 aromatic rings. The van der Waals surface area contributed by atoms with Crippen LogP contribution in [0.4, 0.5) is 5.13 Å². The number of hydrogen-bond acceptors (Lipinski definition) is 3. The van der Waals surface area contributed by atoms with E-state index in [2.05, 4.69) is 24.1 Å². The van der Waals surface area contributed by atoms with Gasteiger partial charge in [0.2, 0.25) is 0 Å². The van der Waals surface area contributed by atoms with E-state index < -0.39 is 0 Å². The molecule has 0 amide bonds. The van der Waals surface area contributed by atoms with Gasteiger partial charge in [0.1, 0.15) is 0 Å². The highest BCUT2D eigenvalue weighted by atomic mass is 35.5. The van der Waals surface area contributed by atoms with Gasteiger partial charge in [0.05, 0.1) is 10.2 Å². The zero-order chi connectivity index (χ0) is 12.3. The summed E-state index contributed by atoms with van der Waals surface area (Å²) < 4.78 is 1.14. The SMILES string of the molecule is CC(C)CCCNc1nc2ccc(Cl)cc2s1. The first kappa shape index (κ1) is 12.7. The predicted molar refractivity (Wildman–Crippen MR) is 77.2 cm³/mol. The van der Waals surface area contributed by atoms with E-state index in [0.29, 0.717) is 0 Å². The third kappa shape index (κ3) is 3.58. The normalized spacial score (nSPS) is 11.3. The molecule has 0 aliphatic rings. The fraction of sp³-hybridized carbons (Fsp3) is 0.462. The minimum atomic E-state index is 0.769. The summed E-state index contributed by atoms with van der Waals surface area (Å²) in [6.45, 7) is 5.49. The number of fused-ring (bicyclic) bond motifs is 1. The number of rotatable bonds is 5. The largest absolute Gasteiger partial charge is 0.361 e. The van der Waals surface area contributed by atoms with E-state index in [-0.39, 0.29) is 0 Å². The summed E-state index contributed by atoms with van der Waals surface area (Å²) >= 11 is 7.61. The first-order valence-corrected chi connectivity index (χ1v) is 7.14. The lowest BCUT2D eigenvalue weighted by atomic mass is 10.1. The summed E-state index contributed by atoms with van der Waals surface area (Å²) in [5, 5.41) is 5.14. The second kappa shape index (κ2) is 5.69. The molecule has 0 aliphatic carbocycles. The molecule has 0 radical (unpaired) electrons. The number of hydrogen-bond donors (Lipinski definition) is 1. The molecule has 0 fully saturated rings. The fourth-order valence-corrected chi connectivity index (χ4v) is 2.85. The van der Waals surface area contributed by atoms with Crippen molar-refractivity contribution in [3.8, 4) is 0 Å². The summed E-state index contributed by atoms with van der Waals surface area (Å²) in [5.74, 6) is 0.769. The van der Waals surface area contributed by atoms with Crippen LogP contribution in [0.5, 0.6) is 0 Å². The van der Waals surface area contributed by atoms with Crippen LogP contribution in [0.15, 0.2) is 18.2 Å². The number of aromatic nitrogens is 1. The summed E-state index contributed by atoms with van der Waals surface area (Å²) in [6, 6.07) is 5.81.